The van der Waals surface area contributed by atoms with Gasteiger partial charge in [0.15, 0.2) is 6.23 Å². The van der Waals surface area contributed by atoms with Crippen LogP contribution in [0.25, 0.3) is 33.8 Å². The Morgan fingerprint density at radius 2 is 1.90 bits per heavy atom. The number of piperidine rings is 1. The summed E-state index contributed by atoms with van der Waals surface area (Å²) in [5.41, 5.74) is 3.41. The van der Waals surface area contributed by atoms with E-state index in [2.05, 4.69) is 20.2 Å². The Bertz CT molecular complexity index is 1470. The minimum atomic E-state index is -4.50. The van der Waals surface area contributed by atoms with E-state index >= 15 is 0 Å². The quantitative estimate of drug-likeness (QED) is 0.400. The molecule has 0 aliphatic carbocycles. The largest absolute Gasteiger partial charge is 0.408 e. The molecule has 0 spiro atoms. The standard InChI is InChI=1S/C26H31F3N8O2/c1-16-13-17(38)8-11-35(16)21-14-18(19-6-9-30-34(19)2)32-24-23(33-36(25(21)24)15-26(27,28)29)20-7-10-31-37(20)22-5-3-4-12-39-22/h6-7,9-10,14,16-17,22,38H,3-5,8,11-13,15H2,1-2H3/t16-,17-,22?/m1/s1. The molecule has 2 saturated heterocycles. The van der Waals surface area contributed by atoms with Crippen molar-refractivity contribution >= 4 is 16.7 Å². The molecule has 13 heteroatoms. The maximum Gasteiger partial charge on any atom is 0.408 e. The molecule has 208 valence electrons. The molecule has 2 aliphatic rings. The van der Waals surface area contributed by atoms with E-state index in [0.29, 0.717) is 59.8 Å². The average Bonchev–Trinajstić information content (AvgIpc) is 3.62. The van der Waals surface area contributed by atoms with Gasteiger partial charge < -0.3 is 14.7 Å². The second-order valence-electron chi connectivity index (χ2n) is 10.4. The van der Waals surface area contributed by atoms with Crippen molar-refractivity contribution in [1.29, 1.82) is 0 Å². The molecule has 0 bridgehead atoms. The molecule has 1 N–H and O–H groups in total. The fraction of sp³-hybridized carbons (Fsp3) is 0.538. The van der Waals surface area contributed by atoms with Gasteiger partial charge in [0, 0.05) is 38.6 Å². The van der Waals surface area contributed by atoms with E-state index in [9.17, 15) is 18.3 Å². The molecule has 0 aromatic carbocycles. The van der Waals surface area contributed by atoms with Crippen LogP contribution in [0, 0.1) is 0 Å². The van der Waals surface area contributed by atoms with Crippen molar-refractivity contribution in [2.45, 2.75) is 70.1 Å². The van der Waals surface area contributed by atoms with Crippen molar-refractivity contribution in [3.05, 3.63) is 30.6 Å². The van der Waals surface area contributed by atoms with Crippen molar-refractivity contribution in [2.24, 2.45) is 7.05 Å². The summed E-state index contributed by atoms with van der Waals surface area (Å²) in [5, 5.41) is 23.5. The van der Waals surface area contributed by atoms with Crippen LogP contribution >= 0.6 is 0 Å². The van der Waals surface area contributed by atoms with Crippen LogP contribution in [0.2, 0.25) is 0 Å². The number of aromatic nitrogens is 7. The lowest BCUT2D eigenvalue weighted by atomic mass is 9.99. The highest BCUT2D eigenvalue weighted by atomic mass is 19.4. The maximum absolute atomic E-state index is 13.9. The SMILES string of the molecule is C[C@@H]1C[C@H](O)CCN1c1cc(-c2ccnn2C)nc2c(-c3ccnn3C3CCCCO3)nn(CC(F)(F)F)c12. The van der Waals surface area contributed by atoms with E-state index in [1.165, 1.54) is 0 Å². The third-order valence-electron chi connectivity index (χ3n) is 7.59. The van der Waals surface area contributed by atoms with Gasteiger partial charge in [-0.05, 0) is 57.2 Å². The van der Waals surface area contributed by atoms with E-state index in [4.69, 9.17) is 9.72 Å². The second kappa shape index (κ2) is 9.94. The fourth-order valence-electron chi connectivity index (χ4n) is 5.75. The van der Waals surface area contributed by atoms with Gasteiger partial charge in [-0.1, -0.05) is 0 Å². The number of fused-ring (bicyclic) bond motifs is 1. The molecule has 0 radical (unpaired) electrons. The highest BCUT2D eigenvalue weighted by Crippen LogP contribution is 2.40. The Hall–Kier alpha value is -3.45. The van der Waals surface area contributed by atoms with E-state index in [1.807, 2.05) is 19.1 Å². The molecule has 2 aliphatic heterocycles. The van der Waals surface area contributed by atoms with Gasteiger partial charge >= 0.3 is 6.18 Å². The van der Waals surface area contributed by atoms with Gasteiger partial charge in [-0.25, -0.2) is 9.67 Å². The van der Waals surface area contributed by atoms with Crippen molar-refractivity contribution in [3.8, 4) is 22.8 Å². The number of aliphatic hydroxyl groups excluding tert-OH is 1. The minimum Gasteiger partial charge on any atom is -0.393 e. The van der Waals surface area contributed by atoms with Gasteiger partial charge in [0.25, 0.3) is 0 Å². The molecule has 4 aromatic heterocycles. The Morgan fingerprint density at radius 3 is 2.59 bits per heavy atom. The van der Waals surface area contributed by atoms with Gasteiger partial charge in [-0.2, -0.15) is 28.5 Å². The molecule has 4 aromatic rings. The van der Waals surface area contributed by atoms with Crippen LogP contribution < -0.4 is 4.90 Å². The summed E-state index contributed by atoms with van der Waals surface area (Å²) in [6.45, 7) is 1.80. The highest BCUT2D eigenvalue weighted by molar-refractivity contribution is 5.99. The fourth-order valence-corrected chi connectivity index (χ4v) is 5.75. The lowest BCUT2D eigenvalue weighted by Gasteiger charge is -2.38. The first-order chi connectivity index (χ1) is 18.7. The van der Waals surface area contributed by atoms with Gasteiger partial charge in [0.05, 0.1) is 28.9 Å². The van der Waals surface area contributed by atoms with Crippen LogP contribution in [-0.2, 0) is 18.3 Å². The lowest BCUT2D eigenvalue weighted by Crippen LogP contribution is -2.43. The van der Waals surface area contributed by atoms with Crippen LogP contribution in [0.5, 0.6) is 0 Å². The first kappa shape index (κ1) is 25.8. The Balaban J connectivity index is 1.61. The van der Waals surface area contributed by atoms with E-state index in [1.54, 1.807) is 34.9 Å². The number of halogens is 3. The first-order valence-corrected chi connectivity index (χ1v) is 13.3. The molecule has 3 atom stereocenters. The zero-order chi connectivity index (χ0) is 27.3. The number of aryl methyl sites for hydroxylation is 1. The predicted octanol–water partition coefficient (Wildman–Crippen LogP) is 4.31. The van der Waals surface area contributed by atoms with E-state index in [0.717, 1.165) is 29.6 Å². The van der Waals surface area contributed by atoms with Gasteiger partial charge in [0.2, 0.25) is 0 Å². The number of anilines is 1. The van der Waals surface area contributed by atoms with Gasteiger partial charge in [-0.3, -0.25) is 9.36 Å². The molecule has 6 rings (SSSR count). The Morgan fingerprint density at radius 1 is 1.10 bits per heavy atom. The zero-order valence-corrected chi connectivity index (χ0v) is 21.8. The molecule has 6 heterocycles. The van der Waals surface area contributed by atoms with Crippen LogP contribution in [-0.4, -0.2) is 70.9 Å². The van der Waals surface area contributed by atoms with Crippen molar-refractivity contribution in [1.82, 2.24) is 34.3 Å². The normalized spacial score (nSPS) is 22.6. The molecule has 10 nitrogen and oxygen atoms in total. The zero-order valence-electron chi connectivity index (χ0n) is 21.8. The smallest absolute Gasteiger partial charge is 0.393 e. The third kappa shape index (κ3) is 4.89. The maximum atomic E-state index is 13.9. The number of pyridine rings is 1. The number of alkyl halides is 3. The molecule has 0 amide bonds. The number of ether oxygens (including phenoxy) is 1. The monoisotopic (exact) mass is 544 g/mol. The summed E-state index contributed by atoms with van der Waals surface area (Å²) in [7, 11) is 1.80. The molecule has 1 unspecified atom stereocenters. The summed E-state index contributed by atoms with van der Waals surface area (Å²) >= 11 is 0. The predicted molar refractivity (Wildman–Crippen MR) is 138 cm³/mol. The highest BCUT2D eigenvalue weighted by Gasteiger charge is 2.35. The summed E-state index contributed by atoms with van der Waals surface area (Å²) in [4.78, 5) is 6.95. The minimum absolute atomic E-state index is 0.0995. The molecular formula is C26H31F3N8O2. The van der Waals surface area contributed by atoms with Crippen LogP contribution in [0.15, 0.2) is 30.6 Å². The number of aliphatic hydroxyl groups is 1. The number of hydrogen-bond donors (Lipinski definition) is 1. The Kier molecular flexibility index (Phi) is 6.58. The summed E-state index contributed by atoms with van der Waals surface area (Å²) in [6, 6.07) is 5.28. The van der Waals surface area contributed by atoms with Crippen molar-refractivity contribution in [3.63, 3.8) is 0 Å². The summed E-state index contributed by atoms with van der Waals surface area (Å²) in [6.07, 6.45) is 1.70. The lowest BCUT2D eigenvalue weighted by molar-refractivity contribution is -0.141. The van der Waals surface area contributed by atoms with Crippen molar-refractivity contribution in [2.75, 3.05) is 18.1 Å². The molecular weight excluding hydrogens is 513 g/mol. The van der Waals surface area contributed by atoms with Crippen LogP contribution in [0.3, 0.4) is 0 Å². The van der Waals surface area contributed by atoms with E-state index < -0.39 is 18.8 Å². The molecule has 39 heavy (non-hydrogen) atoms. The number of nitrogens with zero attached hydrogens (tertiary/aromatic N) is 8. The van der Waals surface area contributed by atoms with E-state index in [-0.39, 0.29) is 12.3 Å². The number of rotatable bonds is 5. The van der Waals surface area contributed by atoms with Gasteiger partial charge in [-0.15, -0.1) is 0 Å². The first-order valence-electron chi connectivity index (χ1n) is 13.3. The summed E-state index contributed by atoms with van der Waals surface area (Å²) < 4.78 is 52.0. The second-order valence-corrected chi connectivity index (χ2v) is 10.4. The topological polar surface area (TPSA) is 99.1 Å². The van der Waals surface area contributed by atoms with Gasteiger partial charge in [0.1, 0.15) is 23.3 Å². The number of hydrogen-bond acceptors (Lipinski definition) is 7. The third-order valence-corrected chi connectivity index (χ3v) is 7.59. The molecule has 0 saturated carbocycles. The average molecular weight is 545 g/mol. The summed E-state index contributed by atoms with van der Waals surface area (Å²) in [5.74, 6) is 0. The Labute approximate surface area is 223 Å². The van der Waals surface area contributed by atoms with Crippen molar-refractivity contribution < 1.29 is 23.0 Å². The van der Waals surface area contributed by atoms with Crippen LogP contribution in [0.4, 0.5) is 18.9 Å². The van der Waals surface area contributed by atoms with Crippen LogP contribution in [0.1, 0.15) is 45.3 Å². The molecule has 2 fully saturated rings.